The van der Waals surface area contributed by atoms with Crippen LogP contribution in [-0.4, -0.2) is 23.8 Å². The second kappa shape index (κ2) is 5.06. The summed E-state index contributed by atoms with van der Waals surface area (Å²) in [7, 11) is 0. The molecule has 1 fully saturated rings. The first-order chi connectivity index (χ1) is 8.49. The Morgan fingerprint density at radius 1 is 1.61 bits per heavy atom. The summed E-state index contributed by atoms with van der Waals surface area (Å²) in [5.74, 6) is 0.431. The van der Waals surface area contributed by atoms with Gasteiger partial charge in [-0.2, -0.15) is 0 Å². The van der Waals surface area contributed by atoms with Gasteiger partial charge in [0.2, 0.25) is 0 Å². The Morgan fingerprint density at radius 3 is 2.89 bits per heavy atom. The first-order valence-corrected chi connectivity index (χ1v) is 6.84. The van der Waals surface area contributed by atoms with E-state index in [4.69, 9.17) is 0 Å². The lowest BCUT2D eigenvalue weighted by atomic mass is 10.0. The van der Waals surface area contributed by atoms with Gasteiger partial charge >= 0.3 is 5.69 Å². The van der Waals surface area contributed by atoms with E-state index >= 15 is 0 Å². The molecule has 1 aromatic heterocycles. The van der Waals surface area contributed by atoms with Crippen molar-refractivity contribution in [3.63, 3.8) is 0 Å². The molecule has 6 heteroatoms. The summed E-state index contributed by atoms with van der Waals surface area (Å²) < 4.78 is 0. The maximum atomic E-state index is 11.3. The molecule has 5 nitrogen and oxygen atoms in total. The number of hydrogen-bond donors (Lipinski definition) is 0. The Morgan fingerprint density at radius 2 is 2.33 bits per heavy atom. The van der Waals surface area contributed by atoms with Crippen LogP contribution in [0.3, 0.4) is 0 Å². The number of ketones is 1. The topological polar surface area (TPSA) is 63.4 Å². The zero-order valence-electron chi connectivity index (χ0n) is 10.5. The summed E-state index contributed by atoms with van der Waals surface area (Å²) >= 11 is 1.24. The number of carbonyl (C=O) groups excluding carboxylic acids is 1. The van der Waals surface area contributed by atoms with Crippen LogP contribution in [0, 0.1) is 16.0 Å². The van der Waals surface area contributed by atoms with Crippen molar-refractivity contribution in [2.75, 3.05) is 18.0 Å². The molecule has 2 heterocycles. The highest BCUT2D eigenvalue weighted by molar-refractivity contribution is 7.18. The van der Waals surface area contributed by atoms with Crippen LogP contribution in [0.1, 0.15) is 36.4 Å². The average molecular weight is 268 g/mol. The smallest absolute Gasteiger partial charge is 0.304 e. The number of nitrogens with zero attached hydrogens (tertiary/aromatic N) is 2. The Kier molecular flexibility index (Phi) is 3.65. The molecule has 1 aliphatic heterocycles. The molecular weight excluding hydrogens is 252 g/mol. The minimum absolute atomic E-state index is 0.0688. The third-order valence-corrected chi connectivity index (χ3v) is 4.47. The van der Waals surface area contributed by atoms with Gasteiger partial charge in [-0.15, -0.1) is 11.3 Å². The molecule has 2 rings (SSSR count). The number of hydrogen-bond acceptors (Lipinski definition) is 5. The fourth-order valence-electron chi connectivity index (χ4n) is 2.28. The van der Waals surface area contributed by atoms with Crippen molar-refractivity contribution in [1.82, 2.24) is 0 Å². The number of thiophene rings is 1. The number of rotatable bonds is 3. The molecule has 0 amide bonds. The van der Waals surface area contributed by atoms with Gasteiger partial charge in [0.25, 0.3) is 0 Å². The van der Waals surface area contributed by atoms with Gasteiger partial charge in [-0.1, -0.05) is 6.92 Å². The molecule has 0 aromatic carbocycles. The number of Topliss-reactive ketones (excluding diaryl/α,β-unsaturated/α-hetero) is 1. The van der Waals surface area contributed by atoms with Crippen molar-refractivity contribution in [2.45, 2.75) is 26.7 Å². The molecule has 0 aliphatic carbocycles. The van der Waals surface area contributed by atoms with Gasteiger partial charge in [0, 0.05) is 19.2 Å². The van der Waals surface area contributed by atoms with Crippen LogP contribution < -0.4 is 4.90 Å². The van der Waals surface area contributed by atoms with Crippen molar-refractivity contribution in [3.8, 4) is 0 Å². The second-order valence-corrected chi connectivity index (χ2v) is 5.84. The number of anilines is 1. The van der Waals surface area contributed by atoms with Crippen LogP contribution in [0.15, 0.2) is 6.07 Å². The highest BCUT2D eigenvalue weighted by Crippen LogP contribution is 2.39. The van der Waals surface area contributed by atoms with Crippen molar-refractivity contribution in [3.05, 3.63) is 21.1 Å². The maximum absolute atomic E-state index is 11.3. The zero-order chi connectivity index (χ0) is 13.3. The molecular formula is C12H16N2O3S. The van der Waals surface area contributed by atoms with Gasteiger partial charge in [0.1, 0.15) is 0 Å². The van der Waals surface area contributed by atoms with Crippen molar-refractivity contribution in [2.24, 2.45) is 5.92 Å². The minimum Gasteiger partial charge on any atom is -0.358 e. The lowest BCUT2D eigenvalue weighted by Crippen LogP contribution is -2.33. The molecule has 0 bridgehead atoms. The van der Waals surface area contributed by atoms with Crippen LogP contribution in [0.4, 0.5) is 10.7 Å². The fourth-order valence-corrected chi connectivity index (χ4v) is 3.33. The normalized spacial score (nSPS) is 19.9. The van der Waals surface area contributed by atoms with Crippen LogP contribution in [0.2, 0.25) is 0 Å². The van der Waals surface area contributed by atoms with Crippen LogP contribution in [0.25, 0.3) is 0 Å². The summed E-state index contributed by atoms with van der Waals surface area (Å²) in [5, 5.41) is 11.7. The SMILES string of the molecule is CC(=O)c1cc([N+](=O)[O-])c(N2CCCC(C)C2)s1. The van der Waals surface area contributed by atoms with Gasteiger partial charge in [-0.25, -0.2) is 0 Å². The molecule has 1 atom stereocenters. The lowest BCUT2D eigenvalue weighted by Gasteiger charge is -2.31. The summed E-state index contributed by atoms with van der Waals surface area (Å²) in [5.41, 5.74) is 0.0688. The fraction of sp³-hybridized carbons (Fsp3) is 0.583. The van der Waals surface area contributed by atoms with Crippen molar-refractivity contribution in [1.29, 1.82) is 0 Å². The third kappa shape index (κ3) is 2.53. The monoisotopic (exact) mass is 268 g/mol. The lowest BCUT2D eigenvalue weighted by molar-refractivity contribution is -0.383. The van der Waals surface area contributed by atoms with Crippen molar-refractivity contribution < 1.29 is 9.72 Å². The average Bonchev–Trinajstić information content (AvgIpc) is 2.73. The van der Waals surface area contributed by atoms with Gasteiger partial charge in [-0.05, 0) is 25.7 Å². The highest BCUT2D eigenvalue weighted by atomic mass is 32.1. The Bertz CT molecular complexity index is 484. The molecule has 98 valence electrons. The summed E-state index contributed by atoms with van der Waals surface area (Å²) in [6, 6.07) is 1.40. The van der Waals surface area contributed by atoms with Crippen LogP contribution in [0.5, 0.6) is 0 Å². The van der Waals surface area contributed by atoms with E-state index in [9.17, 15) is 14.9 Å². The van der Waals surface area contributed by atoms with E-state index in [0.717, 1.165) is 25.9 Å². The Hall–Kier alpha value is -1.43. The van der Waals surface area contributed by atoms with Gasteiger partial charge in [-0.3, -0.25) is 14.9 Å². The minimum atomic E-state index is -0.391. The molecule has 0 N–H and O–H groups in total. The first-order valence-electron chi connectivity index (χ1n) is 6.03. The summed E-state index contributed by atoms with van der Waals surface area (Å²) in [6.45, 7) is 5.26. The molecule has 1 unspecified atom stereocenters. The predicted octanol–water partition coefficient (Wildman–Crippen LogP) is 3.10. The van der Waals surface area contributed by atoms with Gasteiger partial charge in [0.05, 0.1) is 9.80 Å². The molecule has 1 aliphatic rings. The second-order valence-electron chi connectivity index (χ2n) is 4.81. The quantitative estimate of drug-likeness (QED) is 0.480. The molecule has 1 aromatic rings. The van der Waals surface area contributed by atoms with Crippen molar-refractivity contribution >= 4 is 27.8 Å². The van der Waals surface area contributed by atoms with Crippen LogP contribution in [-0.2, 0) is 0 Å². The van der Waals surface area contributed by atoms with Gasteiger partial charge < -0.3 is 4.90 Å². The van der Waals surface area contributed by atoms with E-state index in [1.165, 1.54) is 24.3 Å². The molecule has 18 heavy (non-hydrogen) atoms. The van der Waals surface area contributed by atoms with E-state index in [-0.39, 0.29) is 11.5 Å². The molecule has 0 saturated carbocycles. The van der Waals surface area contributed by atoms with E-state index in [1.807, 2.05) is 4.90 Å². The van der Waals surface area contributed by atoms with E-state index in [0.29, 0.717) is 15.8 Å². The molecule has 0 radical (unpaired) electrons. The standard InChI is InChI=1S/C12H16N2O3S/c1-8-4-3-5-13(7-8)12-10(14(16)17)6-11(18-12)9(2)15/h6,8H,3-5,7H2,1-2H3. The van der Waals surface area contributed by atoms with Crippen LogP contribution >= 0.6 is 11.3 Å². The Labute approximate surface area is 110 Å². The number of nitro groups is 1. The highest BCUT2D eigenvalue weighted by Gasteiger charge is 2.27. The third-order valence-electron chi connectivity index (χ3n) is 3.18. The molecule has 1 saturated heterocycles. The number of piperidine rings is 1. The zero-order valence-corrected chi connectivity index (χ0v) is 11.3. The molecule has 0 spiro atoms. The maximum Gasteiger partial charge on any atom is 0.304 e. The van der Waals surface area contributed by atoms with Gasteiger partial charge in [0.15, 0.2) is 10.8 Å². The van der Waals surface area contributed by atoms with E-state index in [1.54, 1.807) is 0 Å². The van der Waals surface area contributed by atoms with E-state index in [2.05, 4.69) is 6.92 Å². The van der Waals surface area contributed by atoms with E-state index < -0.39 is 4.92 Å². The number of carbonyl (C=O) groups is 1. The first kappa shape index (κ1) is 13.0. The summed E-state index contributed by atoms with van der Waals surface area (Å²) in [6.07, 6.45) is 2.21. The summed E-state index contributed by atoms with van der Waals surface area (Å²) in [4.78, 5) is 24.5. The largest absolute Gasteiger partial charge is 0.358 e. The predicted molar refractivity (Wildman–Crippen MR) is 71.6 cm³/mol. The Balaban J connectivity index is 2.35.